The smallest absolute Gasteiger partial charge is 0.264 e. The molecular formula is C25H25Br2N3O4S. The van der Waals surface area contributed by atoms with E-state index in [1.54, 1.807) is 49.4 Å². The van der Waals surface area contributed by atoms with Crippen molar-refractivity contribution in [2.24, 2.45) is 0 Å². The number of nitrogens with zero attached hydrogens (tertiary/aromatic N) is 2. The Labute approximate surface area is 222 Å². The Morgan fingerprint density at radius 1 is 0.914 bits per heavy atom. The van der Waals surface area contributed by atoms with Gasteiger partial charge in [0.2, 0.25) is 11.8 Å². The highest BCUT2D eigenvalue weighted by Crippen LogP contribution is 2.27. The number of amides is 2. The molecule has 1 unspecified atom stereocenters. The van der Waals surface area contributed by atoms with Gasteiger partial charge in [0.1, 0.15) is 12.6 Å². The zero-order valence-corrected chi connectivity index (χ0v) is 23.2. The topological polar surface area (TPSA) is 86.8 Å². The van der Waals surface area contributed by atoms with Crippen molar-refractivity contribution in [2.45, 2.75) is 24.4 Å². The summed E-state index contributed by atoms with van der Waals surface area (Å²) in [4.78, 5) is 27.6. The quantitative estimate of drug-likeness (QED) is 0.379. The number of hydrogen-bond acceptors (Lipinski definition) is 4. The fourth-order valence-corrected chi connectivity index (χ4v) is 5.76. The van der Waals surface area contributed by atoms with E-state index in [-0.39, 0.29) is 17.3 Å². The van der Waals surface area contributed by atoms with Gasteiger partial charge in [0.15, 0.2) is 0 Å². The number of anilines is 1. The lowest BCUT2D eigenvalue weighted by molar-refractivity contribution is -0.139. The molecule has 3 aromatic carbocycles. The van der Waals surface area contributed by atoms with Crippen molar-refractivity contribution in [2.75, 3.05) is 17.9 Å². The van der Waals surface area contributed by atoms with Gasteiger partial charge < -0.3 is 10.2 Å². The molecule has 0 aromatic heterocycles. The number of halogens is 2. The maximum Gasteiger partial charge on any atom is 0.264 e. The minimum absolute atomic E-state index is 0.0608. The highest BCUT2D eigenvalue weighted by atomic mass is 79.9. The Kier molecular flexibility index (Phi) is 9.09. The first-order chi connectivity index (χ1) is 16.6. The van der Waals surface area contributed by atoms with Gasteiger partial charge in [-0.05, 0) is 55.0 Å². The number of rotatable bonds is 9. The summed E-state index contributed by atoms with van der Waals surface area (Å²) in [6, 6.07) is 21.2. The van der Waals surface area contributed by atoms with Gasteiger partial charge in [0.25, 0.3) is 10.0 Å². The van der Waals surface area contributed by atoms with Crippen LogP contribution in [0, 0.1) is 0 Å². The minimum atomic E-state index is -4.07. The van der Waals surface area contributed by atoms with Crippen LogP contribution >= 0.6 is 31.9 Å². The van der Waals surface area contributed by atoms with Gasteiger partial charge in [-0.3, -0.25) is 13.9 Å². The summed E-state index contributed by atoms with van der Waals surface area (Å²) in [6.07, 6.45) is 0. The van der Waals surface area contributed by atoms with Crippen LogP contribution in [0.15, 0.2) is 92.7 Å². The van der Waals surface area contributed by atoms with E-state index in [1.807, 2.05) is 24.3 Å². The van der Waals surface area contributed by atoms with Gasteiger partial charge in [-0.2, -0.15) is 0 Å². The van der Waals surface area contributed by atoms with Crippen LogP contribution in [0.5, 0.6) is 0 Å². The van der Waals surface area contributed by atoms with E-state index in [1.165, 1.54) is 24.1 Å². The van der Waals surface area contributed by atoms with Gasteiger partial charge in [0.05, 0.1) is 10.6 Å². The summed E-state index contributed by atoms with van der Waals surface area (Å²) in [5, 5.41) is 2.57. The number of hydrogen-bond donors (Lipinski definition) is 1. The first-order valence-corrected chi connectivity index (χ1v) is 13.7. The molecule has 0 aliphatic rings. The van der Waals surface area contributed by atoms with Crippen LogP contribution < -0.4 is 9.62 Å². The second kappa shape index (κ2) is 11.8. The van der Waals surface area contributed by atoms with Gasteiger partial charge >= 0.3 is 0 Å². The molecule has 0 heterocycles. The number of carbonyl (C=O) groups excluding carboxylic acids is 2. The zero-order chi connectivity index (χ0) is 25.6. The number of nitrogens with one attached hydrogen (secondary N) is 1. The lowest BCUT2D eigenvalue weighted by Gasteiger charge is -2.31. The first kappa shape index (κ1) is 26.9. The van der Waals surface area contributed by atoms with Crippen molar-refractivity contribution in [3.8, 4) is 0 Å². The molecule has 7 nitrogen and oxygen atoms in total. The van der Waals surface area contributed by atoms with E-state index in [4.69, 9.17) is 0 Å². The number of benzene rings is 3. The summed E-state index contributed by atoms with van der Waals surface area (Å²) in [5.74, 6) is -0.867. The minimum Gasteiger partial charge on any atom is -0.357 e. The third-order valence-corrected chi connectivity index (χ3v) is 8.14. The van der Waals surface area contributed by atoms with Crippen LogP contribution in [-0.2, 0) is 26.2 Å². The summed E-state index contributed by atoms with van der Waals surface area (Å²) >= 11 is 6.80. The maximum atomic E-state index is 13.7. The molecular weight excluding hydrogens is 598 g/mol. The first-order valence-electron chi connectivity index (χ1n) is 10.7. The second-order valence-electron chi connectivity index (χ2n) is 7.75. The monoisotopic (exact) mass is 621 g/mol. The average Bonchev–Trinajstić information content (AvgIpc) is 2.85. The third kappa shape index (κ3) is 6.71. The molecule has 0 aliphatic heterocycles. The molecule has 1 N–H and O–H groups in total. The standard InChI is InChI=1S/C25H25Br2N3O4S/c1-18(25(32)28-2)29(16-19-8-6-9-20(26)14-19)24(31)17-30(22-11-7-10-21(27)15-22)35(33,34)23-12-4-3-5-13-23/h3-15,18H,16-17H2,1-2H3,(H,28,32). The van der Waals surface area contributed by atoms with Crippen molar-refractivity contribution in [3.63, 3.8) is 0 Å². The molecule has 0 aliphatic carbocycles. The predicted molar refractivity (Wildman–Crippen MR) is 143 cm³/mol. The number of carbonyl (C=O) groups is 2. The normalized spacial score (nSPS) is 12.0. The fraction of sp³-hybridized carbons (Fsp3) is 0.200. The Hall–Kier alpha value is -2.69. The molecule has 0 bridgehead atoms. The van der Waals surface area contributed by atoms with Crippen LogP contribution in [0.1, 0.15) is 12.5 Å². The molecule has 3 rings (SSSR count). The summed E-state index contributed by atoms with van der Waals surface area (Å²) in [5.41, 5.74) is 1.12. The van der Waals surface area contributed by atoms with Crippen LogP contribution in [0.25, 0.3) is 0 Å². The summed E-state index contributed by atoms with van der Waals surface area (Å²) in [6.45, 7) is 1.26. The van der Waals surface area contributed by atoms with Crippen molar-refractivity contribution in [1.29, 1.82) is 0 Å². The van der Waals surface area contributed by atoms with Gasteiger partial charge in [0, 0.05) is 22.5 Å². The van der Waals surface area contributed by atoms with Crippen molar-refractivity contribution < 1.29 is 18.0 Å². The second-order valence-corrected chi connectivity index (χ2v) is 11.4. The summed E-state index contributed by atoms with van der Waals surface area (Å²) in [7, 11) is -2.58. The number of likely N-dealkylation sites (N-methyl/N-ethyl adjacent to an activating group) is 1. The van der Waals surface area contributed by atoms with E-state index in [0.717, 1.165) is 14.3 Å². The van der Waals surface area contributed by atoms with E-state index < -0.39 is 28.5 Å². The molecule has 0 saturated heterocycles. The zero-order valence-electron chi connectivity index (χ0n) is 19.2. The van der Waals surface area contributed by atoms with Crippen molar-refractivity contribution in [1.82, 2.24) is 10.2 Å². The molecule has 0 radical (unpaired) electrons. The van der Waals surface area contributed by atoms with E-state index in [0.29, 0.717) is 10.2 Å². The average molecular weight is 623 g/mol. The van der Waals surface area contributed by atoms with Gasteiger partial charge in [-0.25, -0.2) is 8.42 Å². The fourth-order valence-electron chi connectivity index (χ4n) is 3.50. The predicted octanol–water partition coefficient (Wildman–Crippen LogP) is 4.57. The largest absolute Gasteiger partial charge is 0.357 e. The molecule has 184 valence electrons. The summed E-state index contributed by atoms with van der Waals surface area (Å²) < 4.78 is 29.8. The van der Waals surface area contributed by atoms with Crippen molar-refractivity contribution in [3.05, 3.63) is 93.4 Å². The molecule has 3 aromatic rings. The molecule has 0 fully saturated rings. The lowest BCUT2D eigenvalue weighted by Crippen LogP contribution is -2.50. The Morgan fingerprint density at radius 2 is 1.54 bits per heavy atom. The highest BCUT2D eigenvalue weighted by molar-refractivity contribution is 9.10. The SMILES string of the molecule is CNC(=O)C(C)N(Cc1cccc(Br)c1)C(=O)CN(c1cccc(Br)c1)S(=O)(=O)c1ccccc1. The highest BCUT2D eigenvalue weighted by Gasteiger charge is 2.32. The Morgan fingerprint density at radius 3 is 2.14 bits per heavy atom. The van der Waals surface area contributed by atoms with Crippen LogP contribution in [-0.4, -0.2) is 44.8 Å². The van der Waals surface area contributed by atoms with Crippen LogP contribution in [0.3, 0.4) is 0 Å². The van der Waals surface area contributed by atoms with Gasteiger partial charge in [-0.15, -0.1) is 0 Å². The molecule has 10 heteroatoms. The molecule has 2 amide bonds. The molecule has 35 heavy (non-hydrogen) atoms. The van der Waals surface area contributed by atoms with Crippen LogP contribution in [0.2, 0.25) is 0 Å². The van der Waals surface area contributed by atoms with Gasteiger partial charge in [-0.1, -0.05) is 68.3 Å². The third-order valence-electron chi connectivity index (χ3n) is 5.36. The molecule has 0 spiro atoms. The maximum absolute atomic E-state index is 13.7. The molecule has 1 atom stereocenters. The van der Waals surface area contributed by atoms with E-state index in [2.05, 4.69) is 37.2 Å². The number of sulfonamides is 1. The van der Waals surface area contributed by atoms with E-state index >= 15 is 0 Å². The Bertz CT molecular complexity index is 1300. The van der Waals surface area contributed by atoms with Crippen molar-refractivity contribution >= 4 is 59.4 Å². The Balaban J connectivity index is 2.02. The van der Waals surface area contributed by atoms with E-state index in [9.17, 15) is 18.0 Å². The lowest BCUT2D eigenvalue weighted by atomic mass is 10.1. The van der Waals surface area contributed by atoms with Crippen LogP contribution in [0.4, 0.5) is 5.69 Å². The molecule has 0 saturated carbocycles.